The molecule has 6 nitrogen and oxygen atoms in total. The van der Waals surface area contributed by atoms with Crippen LogP contribution in [0.2, 0.25) is 0 Å². The smallest absolute Gasteiger partial charge is 0.422 e. The number of unbranched alkanes of at least 4 members (excludes halogenated alkanes) is 6. The molecule has 0 aliphatic carbocycles. The van der Waals surface area contributed by atoms with Crippen molar-refractivity contribution in [3.05, 3.63) is 79.3 Å². The average molecular weight is 834 g/mol. The predicted molar refractivity (Wildman–Crippen MR) is 247 cm³/mol. The van der Waals surface area contributed by atoms with Crippen molar-refractivity contribution in [2.24, 2.45) is 0 Å². The van der Waals surface area contributed by atoms with Crippen LogP contribution in [0.15, 0.2) is 51.7 Å². The Labute approximate surface area is 348 Å². The van der Waals surface area contributed by atoms with E-state index in [2.05, 4.69) is 88.1 Å². The van der Waals surface area contributed by atoms with E-state index in [-0.39, 0.29) is 5.63 Å². The molecular formula is C46H63NO5S3Si. The fraction of sp³-hybridized carbons (Fsp3) is 0.500. The molecule has 1 aromatic carbocycles. The van der Waals surface area contributed by atoms with Gasteiger partial charge >= 0.3 is 14.4 Å². The molecule has 5 rings (SSSR count). The monoisotopic (exact) mass is 833 g/mol. The summed E-state index contributed by atoms with van der Waals surface area (Å²) in [6.07, 6.45) is 16.2. The molecule has 4 heterocycles. The summed E-state index contributed by atoms with van der Waals surface area (Å²) in [4.78, 5) is 22.1. The fourth-order valence-electron chi connectivity index (χ4n) is 7.41. The molecule has 0 fully saturated rings. The Bertz CT molecular complexity index is 2050. The van der Waals surface area contributed by atoms with Crippen molar-refractivity contribution in [1.82, 2.24) is 0 Å². The van der Waals surface area contributed by atoms with Crippen LogP contribution in [0.3, 0.4) is 0 Å². The Morgan fingerprint density at radius 2 is 1.34 bits per heavy atom. The van der Waals surface area contributed by atoms with Gasteiger partial charge in [0.2, 0.25) is 0 Å². The molecule has 0 saturated carbocycles. The highest BCUT2D eigenvalue weighted by atomic mass is 32.1. The Hall–Kier alpha value is -2.83. The molecule has 304 valence electrons. The minimum Gasteiger partial charge on any atom is -0.422 e. The normalized spacial score (nSPS) is 12.1. The molecule has 0 saturated heterocycles. The molecule has 0 amide bonds. The van der Waals surface area contributed by atoms with Gasteiger partial charge in [-0.25, -0.2) is 4.79 Å². The van der Waals surface area contributed by atoms with E-state index in [0.717, 1.165) is 63.2 Å². The number of rotatable bonds is 24. The summed E-state index contributed by atoms with van der Waals surface area (Å²) in [7, 11) is -2.96. The van der Waals surface area contributed by atoms with E-state index >= 15 is 0 Å². The standard InChI is InChI=1S/C46H63NO5S3Si/c1-9-16-18-20-22-34-30-42(54-40(34)28-25-37-26-29-43(53-37)56(49-13-5,50-14-6)51-15-7)45-35(23-21-19-17-10-2)31-41(55-45)44-33(8)38-27-24-36(47(11-3)12-4)32-39(38)52-46(44)48/h24-32H,9-23H2,1-8H3/b28-25+. The van der Waals surface area contributed by atoms with E-state index < -0.39 is 8.80 Å². The van der Waals surface area contributed by atoms with Crippen LogP contribution in [-0.2, 0) is 26.1 Å². The minimum atomic E-state index is -2.96. The summed E-state index contributed by atoms with van der Waals surface area (Å²) in [6, 6.07) is 15.3. The number of benzene rings is 1. The second-order valence-electron chi connectivity index (χ2n) is 14.2. The van der Waals surface area contributed by atoms with Crippen molar-refractivity contribution in [3.63, 3.8) is 0 Å². The number of hydrogen-bond acceptors (Lipinski definition) is 9. The van der Waals surface area contributed by atoms with Crippen LogP contribution in [0.5, 0.6) is 0 Å². The molecule has 0 aliphatic heterocycles. The van der Waals surface area contributed by atoms with Crippen LogP contribution in [0.1, 0.15) is 126 Å². The number of anilines is 1. The first-order chi connectivity index (χ1) is 27.3. The molecule has 0 aliphatic rings. The molecule has 0 radical (unpaired) electrons. The maximum absolute atomic E-state index is 13.9. The van der Waals surface area contributed by atoms with E-state index in [0.29, 0.717) is 31.0 Å². The molecule has 0 N–H and O–H groups in total. The minimum absolute atomic E-state index is 0.260. The van der Waals surface area contributed by atoms with Gasteiger partial charge in [0, 0.05) is 74.4 Å². The summed E-state index contributed by atoms with van der Waals surface area (Å²) in [5, 5.41) is 0.994. The van der Waals surface area contributed by atoms with Crippen LogP contribution >= 0.6 is 34.0 Å². The van der Waals surface area contributed by atoms with Gasteiger partial charge in [-0.2, -0.15) is 0 Å². The van der Waals surface area contributed by atoms with Gasteiger partial charge in [0.1, 0.15) is 5.58 Å². The van der Waals surface area contributed by atoms with Gasteiger partial charge in [-0.05, 0) is 132 Å². The van der Waals surface area contributed by atoms with Gasteiger partial charge in [0.05, 0.1) is 10.1 Å². The Morgan fingerprint density at radius 3 is 1.96 bits per heavy atom. The van der Waals surface area contributed by atoms with Crippen molar-refractivity contribution in [2.45, 2.75) is 120 Å². The van der Waals surface area contributed by atoms with Crippen molar-refractivity contribution in [1.29, 1.82) is 0 Å². The quantitative estimate of drug-likeness (QED) is 0.0351. The zero-order chi connectivity index (χ0) is 40.1. The van der Waals surface area contributed by atoms with Gasteiger partial charge < -0.3 is 22.6 Å². The Morgan fingerprint density at radius 1 is 0.696 bits per heavy atom. The lowest BCUT2D eigenvalue weighted by atomic mass is 10.0. The second-order valence-corrected chi connectivity index (χ2v) is 20.4. The van der Waals surface area contributed by atoms with E-state index in [1.807, 2.05) is 38.2 Å². The SMILES string of the molecule is CCCCCCc1cc(-c2sc(-c3c(C)c4ccc(N(CC)CC)cc4oc3=O)cc2CCCCCC)sc1/C=C/c1ccc([Si](OCC)(OCC)OCC)s1. The molecule has 10 heteroatoms. The predicted octanol–water partition coefficient (Wildman–Crippen LogP) is 13.1. The summed E-state index contributed by atoms with van der Waals surface area (Å²) < 4.78 is 25.8. The lowest BCUT2D eigenvalue weighted by Crippen LogP contribution is -2.55. The maximum Gasteiger partial charge on any atom is 0.547 e. The van der Waals surface area contributed by atoms with Crippen LogP contribution in [0, 0.1) is 6.92 Å². The third-order valence-corrected chi connectivity index (χ3v) is 17.5. The van der Waals surface area contributed by atoms with E-state index in [1.165, 1.54) is 70.7 Å². The molecule has 0 bridgehead atoms. The largest absolute Gasteiger partial charge is 0.547 e. The zero-order valence-corrected chi connectivity index (χ0v) is 38.5. The van der Waals surface area contributed by atoms with Crippen molar-refractivity contribution in [2.75, 3.05) is 37.8 Å². The van der Waals surface area contributed by atoms with Gasteiger partial charge in [-0.15, -0.1) is 34.0 Å². The maximum atomic E-state index is 13.9. The molecular weight excluding hydrogens is 771 g/mol. The van der Waals surface area contributed by atoms with Crippen LogP contribution in [0.25, 0.3) is 43.3 Å². The van der Waals surface area contributed by atoms with Gasteiger partial charge in [-0.3, -0.25) is 0 Å². The highest BCUT2D eigenvalue weighted by molar-refractivity contribution is 7.25. The summed E-state index contributed by atoms with van der Waals surface area (Å²) in [5.41, 5.74) is 5.87. The van der Waals surface area contributed by atoms with Crippen LogP contribution in [-0.4, -0.2) is 41.7 Å². The highest BCUT2D eigenvalue weighted by Gasteiger charge is 2.44. The molecule has 0 unspecified atom stereocenters. The third-order valence-electron chi connectivity index (χ3n) is 10.3. The zero-order valence-electron chi connectivity index (χ0n) is 35.0. The van der Waals surface area contributed by atoms with Crippen LogP contribution < -0.4 is 15.0 Å². The Kier molecular flexibility index (Phi) is 17.2. The van der Waals surface area contributed by atoms with E-state index in [9.17, 15) is 4.79 Å². The van der Waals surface area contributed by atoms with Gasteiger partial charge in [0.25, 0.3) is 0 Å². The molecule has 0 atom stereocenters. The van der Waals surface area contributed by atoms with Crippen molar-refractivity contribution < 1.29 is 17.7 Å². The Balaban J connectivity index is 1.55. The lowest BCUT2D eigenvalue weighted by molar-refractivity contribution is 0.0866. The number of aryl methyl sites for hydroxylation is 3. The summed E-state index contributed by atoms with van der Waals surface area (Å²) in [5.74, 6) is 0. The van der Waals surface area contributed by atoms with Gasteiger partial charge in [0.15, 0.2) is 0 Å². The number of hydrogen-bond donors (Lipinski definition) is 0. The average Bonchev–Trinajstić information content (AvgIpc) is 3.94. The topological polar surface area (TPSA) is 61.1 Å². The first-order valence-electron chi connectivity index (χ1n) is 21.0. The van der Waals surface area contributed by atoms with Crippen LogP contribution in [0.4, 0.5) is 5.69 Å². The van der Waals surface area contributed by atoms with Crippen molar-refractivity contribution >= 4 is 76.1 Å². The first kappa shape index (κ1) is 44.3. The van der Waals surface area contributed by atoms with Gasteiger partial charge in [-0.1, -0.05) is 52.4 Å². The third kappa shape index (κ3) is 10.6. The number of nitrogens with zero attached hydrogens (tertiary/aromatic N) is 1. The molecule has 56 heavy (non-hydrogen) atoms. The second kappa shape index (κ2) is 21.8. The highest BCUT2D eigenvalue weighted by Crippen LogP contribution is 2.44. The van der Waals surface area contributed by atoms with Crippen molar-refractivity contribution in [3.8, 4) is 20.2 Å². The fourth-order valence-corrected chi connectivity index (χ4v) is 14.1. The molecule has 5 aromatic rings. The summed E-state index contributed by atoms with van der Waals surface area (Å²) >= 11 is 5.33. The number of thiophene rings is 3. The first-order valence-corrected chi connectivity index (χ1v) is 25.2. The van der Waals surface area contributed by atoms with E-state index in [4.69, 9.17) is 17.7 Å². The van der Waals surface area contributed by atoms with E-state index in [1.54, 1.807) is 22.7 Å². The summed E-state index contributed by atoms with van der Waals surface area (Å²) in [6.45, 7) is 20.3. The molecule has 4 aromatic heterocycles. The lowest BCUT2D eigenvalue weighted by Gasteiger charge is -2.27. The number of fused-ring (bicyclic) bond motifs is 1. The molecule has 0 spiro atoms.